The van der Waals surface area contributed by atoms with Crippen LogP contribution in [0.4, 0.5) is 0 Å². The van der Waals surface area contributed by atoms with Crippen molar-refractivity contribution in [2.45, 2.75) is 12.5 Å². The van der Waals surface area contributed by atoms with Gasteiger partial charge < -0.3 is 10.3 Å². The van der Waals surface area contributed by atoms with Gasteiger partial charge in [0, 0.05) is 30.4 Å². The van der Waals surface area contributed by atoms with Crippen LogP contribution in [0.2, 0.25) is 8.67 Å². The van der Waals surface area contributed by atoms with Crippen molar-refractivity contribution >= 4 is 34.5 Å². The maximum atomic E-state index is 6.12. The van der Waals surface area contributed by atoms with Crippen molar-refractivity contribution in [1.82, 2.24) is 15.3 Å². The number of aromatic nitrogens is 2. The van der Waals surface area contributed by atoms with E-state index in [9.17, 15) is 0 Å². The van der Waals surface area contributed by atoms with E-state index < -0.39 is 0 Å². The number of halogens is 2. The molecule has 2 N–H and O–H groups in total. The highest BCUT2D eigenvalue weighted by Gasteiger charge is 2.17. The zero-order valence-corrected chi connectivity index (χ0v) is 11.0. The Bertz CT molecular complexity index is 453. The van der Waals surface area contributed by atoms with E-state index in [4.69, 9.17) is 23.2 Å². The second-order valence-corrected chi connectivity index (χ2v) is 5.65. The van der Waals surface area contributed by atoms with E-state index in [1.165, 1.54) is 11.3 Å². The van der Waals surface area contributed by atoms with Crippen LogP contribution in [0.5, 0.6) is 0 Å². The fraction of sp³-hybridized carbons (Fsp3) is 0.300. The lowest BCUT2D eigenvalue weighted by atomic mass is 10.1. The van der Waals surface area contributed by atoms with Crippen LogP contribution in [0.15, 0.2) is 18.5 Å². The summed E-state index contributed by atoms with van der Waals surface area (Å²) in [6.45, 7) is 0. The molecule has 0 saturated carbocycles. The van der Waals surface area contributed by atoms with Crippen LogP contribution in [-0.4, -0.2) is 17.0 Å². The first-order valence-corrected chi connectivity index (χ1v) is 6.38. The number of thiophene rings is 1. The number of nitrogens with zero attached hydrogens (tertiary/aromatic N) is 1. The summed E-state index contributed by atoms with van der Waals surface area (Å²) in [6.07, 6.45) is 4.31. The van der Waals surface area contributed by atoms with E-state index >= 15 is 0 Å². The molecule has 2 aromatic heterocycles. The minimum Gasteiger partial charge on any atom is -0.349 e. The third-order valence-electron chi connectivity index (χ3n) is 2.36. The Kier molecular flexibility index (Phi) is 3.86. The lowest BCUT2D eigenvalue weighted by Gasteiger charge is -2.13. The van der Waals surface area contributed by atoms with Crippen LogP contribution in [0.1, 0.15) is 17.4 Å². The average Bonchev–Trinajstić information content (AvgIpc) is 2.85. The van der Waals surface area contributed by atoms with Gasteiger partial charge in [-0.3, -0.25) is 0 Å². The standard InChI is InChI=1S/C10H11Cl2N3S/c1-13-7(5-9-14-2-3-15-9)6-4-8(11)16-10(6)12/h2-4,7,13H,5H2,1H3,(H,14,15). The molecule has 0 saturated heterocycles. The van der Waals surface area contributed by atoms with Gasteiger partial charge in [0.1, 0.15) is 5.82 Å². The summed E-state index contributed by atoms with van der Waals surface area (Å²) < 4.78 is 1.44. The quantitative estimate of drug-likeness (QED) is 0.899. The summed E-state index contributed by atoms with van der Waals surface area (Å²) in [5.41, 5.74) is 1.02. The van der Waals surface area contributed by atoms with E-state index in [2.05, 4.69) is 15.3 Å². The largest absolute Gasteiger partial charge is 0.349 e. The summed E-state index contributed by atoms with van der Waals surface area (Å²) in [7, 11) is 1.90. The van der Waals surface area contributed by atoms with Crippen LogP contribution in [0.25, 0.3) is 0 Å². The molecular weight excluding hydrogens is 265 g/mol. The lowest BCUT2D eigenvalue weighted by Crippen LogP contribution is -2.19. The Morgan fingerprint density at radius 3 is 2.88 bits per heavy atom. The van der Waals surface area contributed by atoms with Gasteiger partial charge in [0.15, 0.2) is 0 Å². The molecule has 0 aliphatic carbocycles. The maximum Gasteiger partial charge on any atom is 0.107 e. The number of nitrogens with one attached hydrogen (secondary N) is 2. The van der Waals surface area contributed by atoms with Crippen molar-refractivity contribution in [3.63, 3.8) is 0 Å². The molecule has 16 heavy (non-hydrogen) atoms. The van der Waals surface area contributed by atoms with E-state index in [1.807, 2.05) is 19.3 Å². The number of hydrogen-bond acceptors (Lipinski definition) is 3. The SMILES string of the molecule is CNC(Cc1ncc[nH]1)c1cc(Cl)sc1Cl. The number of hydrogen-bond donors (Lipinski definition) is 2. The van der Waals surface area contributed by atoms with Gasteiger partial charge in [0.25, 0.3) is 0 Å². The molecule has 0 bridgehead atoms. The van der Waals surface area contributed by atoms with Gasteiger partial charge in [-0.15, -0.1) is 11.3 Å². The first-order chi connectivity index (χ1) is 7.70. The summed E-state index contributed by atoms with van der Waals surface area (Å²) in [6, 6.07) is 2.03. The molecule has 1 unspecified atom stereocenters. The molecule has 2 rings (SSSR count). The first-order valence-electron chi connectivity index (χ1n) is 4.81. The Hall–Kier alpha value is -0.550. The molecule has 0 radical (unpaired) electrons. The number of H-pyrrole nitrogens is 1. The Morgan fingerprint density at radius 2 is 2.38 bits per heavy atom. The molecule has 6 heteroatoms. The summed E-state index contributed by atoms with van der Waals surface area (Å²) >= 11 is 13.4. The van der Waals surface area contributed by atoms with Crippen LogP contribution in [0, 0.1) is 0 Å². The minimum atomic E-state index is 0.127. The molecule has 0 amide bonds. The predicted molar refractivity (Wildman–Crippen MR) is 68.4 cm³/mol. The number of aromatic amines is 1. The summed E-state index contributed by atoms with van der Waals surface area (Å²) in [5, 5.41) is 3.21. The zero-order chi connectivity index (χ0) is 11.5. The van der Waals surface area contributed by atoms with Gasteiger partial charge in [0.05, 0.1) is 8.67 Å². The van der Waals surface area contributed by atoms with Crippen molar-refractivity contribution < 1.29 is 0 Å². The van der Waals surface area contributed by atoms with Crippen LogP contribution in [0.3, 0.4) is 0 Å². The van der Waals surface area contributed by atoms with Crippen molar-refractivity contribution in [2.24, 2.45) is 0 Å². The van der Waals surface area contributed by atoms with E-state index in [0.29, 0.717) is 4.34 Å². The second kappa shape index (κ2) is 5.19. The maximum absolute atomic E-state index is 6.12. The highest BCUT2D eigenvalue weighted by Crippen LogP contribution is 2.35. The minimum absolute atomic E-state index is 0.127. The topological polar surface area (TPSA) is 40.7 Å². The van der Waals surface area contributed by atoms with Gasteiger partial charge in [0.2, 0.25) is 0 Å². The monoisotopic (exact) mass is 275 g/mol. The molecule has 1 atom stereocenters. The fourth-order valence-corrected chi connectivity index (χ4v) is 3.14. The van der Waals surface area contributed by atoms with Crippen molar-refractivity contribution in [3.8, 4) is 0 Å². The molecule has 2 heterocycles. The van der Waals surface area contributed by atoms with Crippen molar-refractivity contribution in [3.05, 3.63) is 38.5 Å². The third-order valence-corrected chi connectivity index (χ3v) is 3.88. The van der Waals surface area contributed by atoms with Crippen LogP contribution >= 0.6 is 34.5 Å². The summed E-state index contributed by atoms with van der Waals surface area (Å²) in [4.78, 5) is 7.27. The van der Waals surface area contributed by atoms with Gasteiger partial charge in [-0.1, -0.05) is 23.2 Å². The van der Waals surface area contributed by atoms with Gasteiger partial charge in [-0.2, -0.15) is 0 Å². The number of rotatable bonds is 4. The highest BCUT2D eigenvalue weighted by atomic mass is 35.5. The molecule has 86 valence electrons. The molecule has 3 nitrogen and oxygen atoms in total. The fourth-order valence-electron chi connectivity index (χ4n) is 1.56. The van der Waals surface area contributed by atoms with Crippen molar-refractivity contribution in [2.75, 3.05) is 7.05 Å². The van der Waals surface area contributed by atoms with Crippen LogP contribution < -0.4 is 5.32 Å². The lowest BCUT2D eigenvalue weighted by molar-refractivity contribution is 0.580. The predicted octanol–water partition coefficient (Wildman–Crippen LogP) is 3.28. The highest BCUT2D eigenvalue weighted by molar-refractivity contribution is 7.20. The summed E-state index contributed by atoms with van der Waals surface area (Å²) in [5.74, 6) is 0.928. The van der Waals surface area contributed by atoms with Crippen molar-refractivity contribution in [1.29, 1.82) is 0 Å². The Morgan fingerprint density at radius 1 is 1.56 bits per heavy atom. The molecule has 0 spiro atoms. The van der Waals surface area contributed by atoms with E-state index in [0.717, 1.165) is 22.1 Å². The Labute approximate surface area is 108 Å². The molecule has 2 aromatic rings. The second-order valence-electron chi connectivity index (χ2n) is 3.36. The Balaban J connectivity index is 2.19. The molecule has 0 fully saturated rings. The molecular formula is C10H11Cl2N3S. The molecule has 0 aliphatic rings. The van der Waals surface area contributed by atoms with Gasteiger partial charge in [-0.25, -0.2) is 4.98 Å². The molecule has 0 aromatic carbocycles. The van der Waals surface area contributed by atoms with Gasteiger partial charge >= 0.3 is 0 Å². The number of imidazole rings is 1. The molecule has 0 aliphatic heterocycles. The van der Waals surface area contributed by atoms with Crippen LogP contribution in [-0.2, 0) is 6.42 Å². The smallest absolute Gasteiger partial charge is 0.107 e. The van der Waals surface area contributed by atoms with Gasteiger partial charge in [-0.05, 0) is 13.1 Å². The van der Waals surface area contributed by atoms with E-state index in [-0.39, 0.29) is 6.04 Å². The third kappa shape index (κ3) is 2.58. The zero-order valence-electron chi connectivity index (χ0n) is 8.63. The number of likely N-dealkylation sites (N-methyl/N-ethyl adjacent to an activating group) is 1. The normalized spacial score (nSPS) is 12.9. The first kappa shape index (κ1) is 11.9. The average molecular weight is 276 g/mol. The van der Waals surface area contributed by atoms with E-state index in [1.54, 1.807) is 6.20 Å².